The average Bonchev–Trinajstić information content (AvgIpc) is 2.84. The van der Waals surface area contributed by atoms with E-state index in [1.54, 1.807) is 0 Å². The van der Waals surface area contributed by atoms with Crippen LogP contribution in [0.4, 0.5) is 0 Å². The summed E-state index contributed by atoms with van der Waals surface area (Å²) in [5, 5.41) is 0. The van der Waals surface area contributed by atoms with Crippen molar-refractivity contribution >= 4 is 0 Å². The number of likely N-dealkylation sites (N-methyl/N-ethyl adjacent to an activating group) is 1. The van der Waals surface area contributed by atoms with Gasteiger partial charge in [-0.3, -0.25) is 4.90 Å². The molecule has 2 N–H and O–H groups in total. The Morgan fingerprint density at radius 1 is 1.40 bits per heavy atom. The minimum atomic E-state index is -0.0645. The van der Waals surface area contributed by atoms with E-state index in [0.717, 1.165) is 43.9 Å². The van der Waals surface area contributed by atoms with Gasteiger partial charge < -0.3 is 14.9 Å². The van der Waals surface area contributed by atoms with Crippen molar-refractivity contribution in [1.82, 2.24) is 4.90 Å². The van der Waals surface area contributed by atoms with Gasteiger partial charge in [0, 0.05) is 18.7 Å². The minimum Gasteiger partial charge on any atom is -0.465 e. The van der Waals surface area contributed by atoms with Crippen molar-refractivity contribution in [3.63, 3.8) is 0 Å². The highest BCUT2D eigenvalue weighted by atomic mass is 16.5. The van der Waals surface area contributed by atoms with E-state index in [1.807, 2.05) is 19.1 Å². The normalized spacial score (nSPS) is 30.9. The fourth-order valence-electron chi connectivity index (χ4n) is 3.18. The molecular formula is C16H28N2O2. The summed E-state index contributed by atoms with van der Waals surface area (Å²) in [6, 6.07) is 4.06. The van der Waals surface area contributed by atoms with Crippen LogP contribution in [0, 0.1) is 6.92 Å². The Morgan fingerprint density at radius 3 is 2.70 bits per heavy atom. The predicted molar refractivity (Wildman–Crippen MR) is 80.6 cm³/mol. The van der Waals surface area contributed by atoms with E-state index in [-0.39, 0.29) is 11.1 Å². The van der Waals surface area contributed by atoms with E-state index >= 15 is 0 Å². The molecule has 0 amide bonds. The molecule has 2 atom stereocenters. The Morgan fingerprint density at radius 2 is 2.15 bits per heavy atom. The van der Waals surface area contributed by atoms with Gasteiger partial charge in [0.2, 0.25) is 0 Å². The standard InChI is InChI=1S/C16H28N2O2/c1-5-15(3)11-16(12-17,8-9-19-15)18(4)10-14-7-6-13(2)20-14/h6-7H,5,8-12,17H2,1-4H3. The van der Waals surface area contributed by atoms with Crippen LogP contribution in [0.3, 0.4) is 0 Å². The predicted octanol–water partition coefficient (Wildman–Crippen LogP) is 2.70. The molecule has 1 aliphatic heterocycles. The van der Waals surface area contributed by atoms with Crippen LogP contribution in [0.5, 0.6) is 0 Å². The molecule has 0 saturated carbocycles. The molecule has 20 heavy (non-hydrogen) atoms. The van der Waals surface area contributed by atoms with Crippen LogP contribution in [0.1, 0.15) is 44.6 Å². The lowest BCUT2D eigenvalue weighted by atomic mass is 9.78. The first-order valence-electron chi connectivity index (χ1n) is 7.54. The number of aryl methyl sites for hydroxylation is 1. The number of hydrogen-bond acceptors (Lipinski definition) is 4. The highest BCUT2D eigenvalue weighted by Crippen LogP contribution is 2.37. The number of hydrogen-bond donors (Lipinski definition) is 1. The molecule has 0 aromatic carbocycles. The van der Waals surface area contributed by atoms with Crippen molar-refractivity contribution in [2.75, 3.05) is 20.2 Å². The molecule has 1 fully saturated rings. The van der Waals surface area contributed by atoms with Crippen LogP contribution < -0.4 is 5.73 Å². The molecule has 2 unspecified atom stereocenters. The zero-order chi connectivity index (χ0) is 14.8. The van der Waals surface area contributed by atoms with Gasteiger partial charge in [0.1, 0.15) is 11.5 Å². The Kier molecular flexibility index (Phi) is 4.57. The molecule has 114 valence electrons. The molecule has 2 heterocycles. The first kappa shape index (κ1) is 15.5. The summed E-state index contributed by atoms with van der Waals surface area (Å²) in [7, 11) is 2.14. The van der Waals surface area contributed by atoms with Crippen molar-refractivity contribution in [2.24, 2.45) is 5.73 Å². The second-order valence-corrected chi connectivity index (χ2v) is 6.38. The zero-order valence-corrected chi connectivity index (χ0v) is 13.2. The van der Waals surface area contributed by atoms with Gasteiger partial charge in [-0.05, 0) is 52.3 Å². The summed E-state index contributed by atoms with van der Waals surface area (Å²) in [6.07, 6.45) is 2.97. The van der Waals surface area contributed by atoms with Crippen LogP contribution in [-0.4, -0.2) is 36.2 Å². The summed E-state index contributed by atoms with van der Waals surface area (Å²) in [6.45, 7) is 8.59. The first-order valence-corrected chi connectivity index (χ1v) is 7.54. The van der Waals surface area contributed by atoms with E-state index < -0.39 is 0 Å². The lowest BCUT2D eigenvalue weighted by Gasteiger charge is -2.50. The maximum absolute atomic E-state index is 6.15. The zero-order valence-electron chi connectivity index (χ0n) is 13.2. The van der Waals surface area contributed by atoms with Gasteiger partial charge in [0.25, 0.3) is 0 Å². The van der Waals surface area contributed by atoms with Gasteiger partial charge in [-0.1, -0.05) is 6.92 Å². The number of rotatable bonds is 5. The second kappa shape index (κ2) is 5.88. The maximum atomic E-state index is 6.15. The minimum absolute atomic E-state index is 0.00368. The Labute approximate surface area is 122 Å². The fraction of sp³-hybridized carbons (Fsp3) is 0.750. The molecule has 0 aliphatic carbocycles. The summed E-state index contributed by atoms with van der Waals surface area (Å²) in [5.41, 5.74) is 6.09. The van der Waals surface area contributed by atoms with Crippen LogP contribution in [0.15, 0.2) is 16.5 Å². The number of ether oxygens (including phenoxy) is 1. The Bertz CT molecular complexity index is 445. The lowest BCUT2D eigenvalue weighted by molar-refractivity contribution is -0.127. The SMILES string of the molecule is CCC1(C)CC(CN)(N(C)Cc2ccc(C)o2)CCO1. The molecule has 4 nitrogen and oxygen atoms in total. The maximum Gasteiger partial charge on any atom is 0.118 e. The summed E-state index contributed by atoms with van der Waals surface area (Å²) in [4.78, 5) is 2.35. The average molecular weight is 280 g/mol. The Hall–Kier alpha value is -0.840. The van der Waals surface area contributed by atoms with E-state index in [1.165, 1.54) is 0 Å². The molecular weight excluding hydrogens is 252 g/mol. The molecule has 1 saturated heterocycles. The molecule has 2 rings (SSSR count). The van der Waals surface area contributed by atoms with Crippen LogP contribution in [0.25, 0.3) is 0 Å². The van der Waals surface area contributed by atoms with Gasteiger partial charge in [0.05, 0.1) is 12.1 Å². The van der Waals surface area contributed by atoms with Crippen LogP contribution in [-0.2, 0) is 11.3 Å². The van der Waals surface area contributed by atoms with Gasteiger partial charge in [-0.25, -0.2) is 0 Å². The number of furan rings is 1. The van der Waals surface area contributed by atoms with Crippen molar-refractivity contribution in [2.45, 2.75) is 57.7 Å². The molecule has 1 aromatic rings. The summed E-state index contributed by atoms with van der Waals surface area (Å²) < 4.78 is 11.7. The van der Waals surface area contributed by atoms with E-state index in [9.17, 15) is 0 Å². The summed E-state index contributed by atoms with van der Waals surface area (Å²) >= 11 is 0. The van der Waals surface area contributed by atoms with E-state index in [0.29, 0.717) is 6.54 Å². The van der Waals surface area contributed by atoms with Crippen molar-refractivity contribution < 1.29 is 9.15 Å². The second-order valence-electron chi connectivity index (χ2n) is 6.38. The van der Waals surface area contributed by atoms with Gasteiger partial charge >= 0.3 is 0 Å². The third-order valence-electron chi connectivity index (χ3n) is 4.85. The number of nitrogens with zero attached hydrogens (tertiary/aromatic N) is 1. The van der Waals surface area contributed by atoms with Crippen molar-refractivity contribution in [1.29, 1.82) is 0 Å². The fourth-order valence-corrected chi connectivity index (χ4v) is 3.18. The quantitative estimate of drug-likeness (QED) is 0.901. The topological polar surface area (TPSA) is 51.6 Å². The van der Waals surface area contributed by atoms with Gasteiger partial charge in [0.15, 0.2) is 0 Å². The number of nitrogens with two attached hydrogens (primary N) is 1. The third kappa shape index (κ3) is 3.08. The first-order chi connectivity index (χ1) is 9.43. The van der Waals surface area contributed by atoms with Crippen LogP contribution in [0.2, 0.25) is 0 Å². The monoisotopic (exact) mass is 280 g/mol. The van der Waals surface area contributed by atoms with Crippen LogP contribution >= 0.6 is 0 Å². The molecule has 4 heteroatoms. The van der Waals surface area contributed by atoms with Gasteiger partial charge in [-0.15, -0.1) is 0 Å². The largest absolute Gasteiger partial charge is 0.465 e. The lowest BCUT2D eigenvalue weighted by Crippen LogP contribution is -2.59. The third-order valence-corrected chi connectivity index (χ3v) is 4.85. The summed E-state index contributed by atoms with van der Waals surface area (Å²) in [5.74, 6) is 1.96. The van der Waals surface area contributed by atoms with E-state index in [2.05, 4.69) is 25.8 Å². The van der Waals surface area contributed by atoms with E-state index in [4.69, 9.17) is 14.9 Å². The van der Waals surface area contributed by atoms with Crippen molar-refractivity contribution in [3.05, 3.63) is 23.7 Å². The van der Waals surface area contributed by atoms with Gasteiger partial charge in [-0.2, -0.15) is 0 Å². The molecule has 1 aromatic heterocycles. The smallest absolute Gasteiger partial charge is 0.118 e. The highest BCUT2D eigenvalue weighted by molar-refractivity contribution is 5.07. The Balaban J connectivity index is 2.13. The molecule has 0 spiro atoms. The van der Waals surface area contributed by atoms with Crippen molar-refractivity contribution in [3.8, 4) is 0 Å². The highest BCUT2D eigenvalue weighted by Gasteiger charge is 2.44. The molecule has 0 bridgehead atoms. The molecule has 1 aliphatic rings. The molecule has 0 radical (unpaired) electrons.